The summed E-state index contributed by atoms with van der Waals surface area (Å²) >= 11 is 0. The van der Waals surface area contributed by atoms with Crippen LogP contribution in [-0.4, -0.2) is 75.9 Å². The SMILES string of the molecule is CCCCCCCC/C=C\CCCCCCCCOCC(CN1CCCC1C)OCCOCCO[C@H]1CC[C@@]2(C)C(=CC[C@@H]3C2CC[C@@]2(C)C3CC[C@@H]2CCCCC(C)C)C1. The number of hydrogen-bond donors (Lipinski definition) is 0. The Balaban J connectivity index is 0.900. The predicted octanol–water partition coefficient (Wildman–Crippen LogP) is 15.1. The summed E-state index contributed by atoms with van der Waals surface area (Å²) in [5.74, 6) is 4.57. The predicted molar refractivity (Wildman–Crippen MR) is 259 cm³/mol. The summed E-state index contributed by atoms with van der Waals surface area (Å²) in [5, 5.41) is 0. The molecule has 5 aliphatic rings. The molecular formula is C56H101NO4. The van der Waals surface area contributed by atoms with Gasteiger partial charge < -0.3 is 18.9 Å². The van der Waals surface area contributed by atoms with Crippen molar-refractivity contribution in [1.29, 1.82) is 0 Å². The molecule has 61 heavy (non-hydrogen) atoms. The first-order valence-electron chi connectivity index (χ1n) is 27.2. The van der Waals surface area contributed by atoms with Gasteiger partial charge in [-0.3, -0.25) is 4.90 Å². The largest absolute Gasteiger partial charge is 0.379 e. The Hall–Kier alpha value is -0.720. The highest BCUT2D eigenvalue weighted by Crippen LogP contribution is 2.67. The van der Waals surface area contributed by atoms with E-state index in [2.05, 4.69) is 64.7 Å². The van der Waals surface area contributed by atoms with Gasteiger partial charge in [0.15, 0.2) is 0 Å². The molecule has 0 aromatic rings. The third-order valence-corrected chi connectivity index (χ3v) is 17.2. The van der Waals surface area contributed by atoms with Gasteiger partial charge in [0.05, 0.1) is 45.2 Å². The second-order valence-corrected chi connectivity index (χ2v) is 22.1. The molecule has 4 aliphatic carbocycles. The van der Waals surface area contributed by atoms with Crippen molar-refractivity contribution in [1.82, 2.24) is 4.90 Å². The minimum Gasteiger partial charge on any atom is -0.379 e. The molecular weight excluding hydrogens is 751 g/mol. The standard InChI is InChI=1S/C56H101NO4/c1-7-8-9-10-11-12-13-14-15-16-17-18-19-20-21-24-38-59-45-51(44-57-37-25-27-47(57)4)61-42-40-58-39-41-60-50-33-35-56(6)49(43-50)29-31-52-53-32-30-48(28-23-22-26-46(2)3)55(53,5)36-34-54(52)56/h14-15,29,46-48,50-54H,7-13,16-28,30-45H2,1-6H3/b15-14-/t47?,48-,50-,51?,52-,53?,54?,55+,56-/m0/s1. The first-order valence-corrected chi connectivity index (χ1v) is 27.2. The maximum absolute atomic E-state index is 6.51. The van der Waals surface area contributed by atoms with Gasteiger partial charge in [0.2, 0.25) is 0 Å². The van der Waals surface area contributed by atoms with E-state index in [-0.39, 0.29) is 6.10 Å². The minimum atomic E-state index is 0.113. The molecule has 1 aliphatic heterocycles. The van der Waals surface area contributed by atoms with E-state index in [4.69, 9.17) is 18.9 Å². The zero-order valence-corrected chi connectivity index (χ0v) is 41.4. The van der Waals surface area contributed by atoms with Crippen LogP contribution in [0.3, 0.4) is 0 Å². The lowest BCUT2D eigenvalue weighted by Crippen LogP contribution is -2.50. The lowest BCUT2D eigenvalue weighted by Gasteiger charge is -2.58. The fraction of sp³-hybridized carbons (Fsp3) is 0.929. The molecule has 5 heteroatoms. The van der Waals surface area contributed by atoms with Crippen molar-refractivity contribution < 1.29 is 18.9 Å². The first-order chi connectivity index (χ1) is 29.7. The second kappa shape index (κ2) is 28.3. The molecule has 0 N–H and O–H groups in total. The fourth-order valence-electron chi connectivity index (χ4n) is 13.3. The molecule has 5 nitrogen and oxygen atoms in total. The molecule has 9 atom stereocenters. The number of fused-ring (bicyclic) bond motifs is 5. The summed E-state index contributed by atoms with van der Waals surface area (Å²) in [4.78, 5) is 2.59. The average molecular weight is 852 g/mol. The number of likely N-dealkylation sites (tertiary alicyclic amines) is 1. The summed E-state index contributed by atoms with van der Waals surface area (Å²) < 4.78 is 25.2. The summed E-state index contributed by atoms with van der Waals surface area (Å²) in [6.07, 6.45) is 46.0. The van der Waals surface area contributed by atoms with E-state index < -0.39 is 0 Å². The Morgan fingerprint density at radius 3 is 2.21 bits per heavy atom. The van der Waals surface area contributed by atoms with Gasteiger partial charge in [-0.05, 0) is 157 Å². The lowest BCUT2D eigenvalue weighted by atomic mass is 9.47. The fourth-order valence-corrected chi connectivity index (χ4v) is 13.3. The van der Waals surface area contributed by atoms with E-state index in [0.717, 1.165) is 55.6 Å². The molecule has 4 unspecified atom stereocenters. The Morgan fingerprint density at radius 1 is 0.738 bits per heavy atom. The topological polar surface area (TPSA) is 40.2 Å². The number of ether oxygens (including phenoxy) is 4. The molecule has 0 aromatic heterocycles. The molecule has 1 saturated heterocycles. The van der Waals surface area contributed by atoms with E-state index in [0.29, 0.717) is 56.0 Å². The molecule has 0 spiro atoms. The lowest BCUT2D eigenvalue weighted by molar-refractivity contribution is -0.0713. The number of rotatable bonds is 33. The zero-order valence-electron chi connectivity index (χ0n) is 41.4. The second-order valence-electron chi connectivity index (χ2n) is 22.1. The van der Waals surface area contributed by atoms with Gasteiger partial charge in [-0.15, -0.1) is 0 Å². The van der Waals surface area contributed by atoms with Gasteiger partial charge in [-0.2, -0.15) is 0 Å². The van der Waals surface area contributed by atoms with Crippen molar-refractivity contribution in [2.24, 2.45) is 40.4 Å². The van der Waals surface area contributed by atoms with Crippen LogP contribution in [0.25, 0.3) is 0 Å². The van der Waals surface area contributed by atoms with Crippen LogP contribution < -0.4 is 0 Å². The van der Waals surface area contributed by atoms with E-state index in [9.17, 15) is 0 Å². The Labute approximate surface area is 379 Å². The van der Waals surface area contributed by atoms with E-state index >= 15 is 0 Å². The molecule has 354 valence electrons. The zero-order chi connectivity index (χ0) is 43.2. The monoisotopic (exact) mass is 852 g/mol. The van der Waals surface area contributed by atoms with Crippen LogP contribution in [0.5, 0.6) is 0 Å². The van der Waals surface area contributed by atoms with Gasteiger partial charge in [-0.1, -0.05) is 135 Å². The molecule has 5 rings (SSSR count). The Bertz CT molecular complexity index is 1220. The van der Waals surface area contributed by atoms with Crippen molar-refractivity contribution in [2.45, 2.75) is 240 Å². The Kier molecular flexibility index (Phi) is 23.8. The third kappa shape index (κ3) is 16.6. The summed E-state index contributed by atoms with van der Waals surface area (Å²) in [6.45, 7) is 21.1. The van der Waals surface area contributed by atoms with Crippen LogP contribution in [0.4, 0.5) is 0 Å². The van der Waals surface area contributed by atoms with E-state index in [1.807, 2.05) is 0 Å². The normalized spacial score (nSPS) is 30.8. The van der Waals surface area contributed by atoms with Crippen molar-refractivity contribution in [2.75, 3.05) is 52.7 Å². The number of allylic oxidation sites excluding steroid dienone is 3. The maximum atomic E-state index is 6.51. The van der Waals surface area contributed by atoms with Gasteiger partial charge >= 0.3 is 0 Å². The van der Waals surface area contributed by atoms with E-state index in [1.54, 1.807) is 5.57 Å². The molecule has 4 fully saturated rings. The van der Waals surface area contributed by atoms with Gasteiger partial charge in [0.25, 0.3) is 0 Å². The number of nitrogens with zero attached hydrogens (tertiary/aromatic N) is 1. The van der Waals surface area contributed by atoms with Crippen molar-refractivity contribution in [3.05, 3.63) is 23.8 Å². The maximum Gasteiger partial charge on any atom is 0.0936 e. The third-order valence-electron chi connectivity index (χ3n) is 17.2. The molecule has 1 heterocycles. The highest BCUT2D eigenvalue weighted by atomic mass is 16.6. The van der Waals surface area contributed by atoms with Gasteiger partial charge in [0.1, 0.15) is 0 Å². The molecule has 0 radical (unpaired) electrons. The quantitative estimate of drug-likeness (QED) is 0.0486. The minimum absolute atomic E-state index is 0.113. The van der Waals surface area contributed by atoms with Gasteiger partial charge in [0, 0.05) is 19.2 Å². The van der Waals surface area contributed by atoms with Crippen LogP contribution in [0.15, 0.2) is 23.8 Å². The summed E-state index contributed by atoms with van der Waals surface area (Å²) in [6, 6.07) is 0.645. The number of hydrogen-bond acceptors (Lipinski definition) is 5. The molecule has 0 bridgehead atoms. The smallest absolute Gasteiger partial charge is 0.0936 e. The highest BCUT2D eigenvalue weighted by Gasteiger charge is 2.58. The molecule has 3 saturated carbocycles. The molecule has 0 amide bonds. The average Bonchev–Trinajstić information content (AvgIpc) is 3.82. The van der Waals surface area contributed by atoms with Crippen molar-refractivity contribution in [3.63, 3.8) is 0 Å². The van der Waals surface area contributed by atoms with Crippen LogP contribution in [0.1, 0.15) is 221 Å². The van der Waals surface area contributed by atoms with Crippen LogP contribution in [-0.2, 0) is 18.9 Å². The Morgan fingerprint density at radius 2 is 1.48 bits per heavy atom. The van der Waals surface area contributed by atoms with Crippen molar-refractivity contribution >= 4 is 0 Å². The molecule has 0 aromatic carbocycles. The van der Waals surface area contributed by atoms with Gasteiger partial charge in [-0.25, -0.2) is 0 Å². The summed E-state index contributed by atoms with van der Waals surface area (Å²) in [5.41, 5.74) is 2.72. The van der Waals surface area contributed by atoms with Crippen LogP contribution >= 0.6 is 0 Å². The summed E-state index contributed by atoms with van der Waals surface area (Å²) in [7, 11) is 0. The first kappa shape index (κ1) is 51.3. The van der Waals surface area contributed by atoms with Crippen LogP contribution in [0, 0.1) is 40.4 Å². The van der Waals surface area contributed by atoms with Crippen LogP contribution in [0.2, 0.25) is 0 Å². The van der Waals surface area contributed by atoms with E-state index in [1.165, 1.54) is 173 Å². The number of unbranched alkanes of at least 4 members (excludes halogenated alkanes) is 13. The van der Waals surface area contributed by atoms with Crippen molar-refractivity contribution in [3.8, 4) is 0 Å². The highest BCUT2D eigenvalue weighted by molar-refractivity contribution is 5.25.